The molecule has 0 aliphatic rings. The molecule has 0 radical (unpaired) electrons. The van der Waals surface area contributed by atoms with Gasteiger partial charge in [0.2, 0.25) is 0 Å². The molecule has 0 fully saturated rings. The zero-order valence-electron chi connectivity index (χ0n) is 10.7. The second kappa shape index (κ2) is 6.99. The van der Waals surface area contributed by atoms with Gasteiger partial charge in [0.15, 0.2) is 0 Å². The molecule has 3 nitrogen and oxygen atoms in total. The molecule has 0 saturated heterocycles. The lowest BCUT2D eigenvalue weighted by atomic mass is 10.3. The Morgan fingerprint density at radius 3 is 2.50 bits per heavy atom. The van der Waals surface area contributed by atoms with E-state index in [4.69, 9.17) is 0 Å². The van der Waals surface area contributed by atoms with Crippen molar-refractivity contribution >= 4 is 11.3 Å². The molecule has 2 N–H and O–H groups in total. The van der Waals surface area contributed by atoms with Crippen molar-refractivity contribution < 1.29 is 0 Å². The molecule has 0 aromatic carbocycles. The molecular formula is C12H23N3S. The summed E-state index contributed by atoms with van der Waals surface area (Å²) in [7, 11) is 0. The van der Waals surface area contributed by atoms with Crippen LogP contribution in [0.15, 0.2) is 5.38 Å². The Morgan fingerprint density at radius 1 is 1.25 bits per heavy atom. The van der Waals surface area contributed by atoms with Crippen LogP contribution in [-0.4, -0.2) is 24.1 Å². The zero-order valence-corrected chi connectivity index (χ0v) is 11.5. The minimum absolute atomic E-state index is 0.373. The summed E-state index contributed by atoms with van der Waals surface area (Å²) in [6, 6.07) is 0.955. The standard InChI is InChI=1S/C12H23N3S/c1-9(2)13-6-5-7-14-11(4)12-15-10(3)8-16-12/h8-9,11,13-14H,5-7H2,1-4H3. The van der Waals surface area contributed by atoms with Crippen molar-refractivity contribution in [2.75, 3.05) is 13.1 Å². The molecule has 4 heteroatoms. The summed E-state index contributed by atoms with van der Waals surface area (Å²) < 4.78 is 0. The largest absolute Gasteiger partial charge is 0.314 e. The summed E-state index contributed by atoms with van der Waals surface area (Å²) in [6.07, 6.45) is 1.16. The van der Waals surface area contributed by atoms with Crippen molar-refractivity contribution in [3.63, 3.8) is 0 Å². The molecule has 0 saturated carbocycles. The maximum atomic E-state index is 4.48. The molecule has 1 unspecified atom stereocenters. The van der Waals surface area contributed by atoms with Crippen LogP contribution in [-0.2, 0) is 0 Å². The van der Waals surface area contributed by atoms with Crippen LogP contribution < -0.4 is 10.6 Å². The molecule has 16 heavy (non-hydrogen) atoms. The van der Waals surface area contributed by atoms with Crippen molar-refractivity contribution in [2.45, 2.75) is 46.2 Å². The van der Waals surface area contributed by atoms with Crippen LogP contribution in [0.4, 0.5) is 0 Å². The monoisotopic (exact) mass is 241 g/mol. The molecule has 0 aliphatic heterocycles. The summed E-state index contributed by atoms with van der Waals surface area (Å²) in [5.74, 6) is 0. The van der Waals surface area contributed by atoms with Gasteiger partial charge in [-0.1, -0.05) is 13.8 Å². The summed E-state index contributed by atoms with van der Waals surface area (Å²) in [6.45, 7) is 10.7. The number of hydrogen-bond donors (Lipinski definition) is 2. The Hall–Kier alpha value is -0.450. The number of rotatable bonds is 7. The van der Waals surface area contributed by atoms with E-state index in [0.29, 0.717) is 12.1 Å². The molecule has 92 valence electrons. The number of aromatic nitrogens is 1. The van der Waals surface area contributed by atoms with Gasteiger partial charge in [-0.05, 0) is 33.4 Å². The van der Waals surface area contributed by atoms with Gasteiger partial charge in [0.05, 0.1) is 6.04 Å². The Bertz CT molecular complexity index is 296. The predicted molar refractivity (Wildman–Crippen MR) is 71.0 cm³/mol. The lowest BCUT2D eigenvalue weighted by molar-refractivity contribution is 0.515. The van der Waals surface area contributed by atoms with Crippen molar-refractivity contribution in [3.8, 4) is 0 Å². The van der Waals surface area contributed by atoms with Crippen LogP contribution in [0.3, 0.4) is 0 Å². The first-order chi connectivity index (χ1) is 7.59. The molecule has 0 spiro atoms. The van der Waals surface area contributed by atoms with Crippen molar-refractivity contribution in [3.05, 3.63) is 16.1 Å². The summed E-state index contributed by atoms with van der Waals surface area (Å²) in [4.78, 5) is 4.48. The van der Waals surface area contributed by atoms with Crippen LogP contribution in [0.2, 0.25) is 0 Å². The van der Waals surface area contributed by atoms with Crippen molar-refractivity contribution in [2.24, 2.45) is 0 Å². The Kier molecular flexibility index (Phi) is 5.95. The maximum absolute atomic E-state index is 4.48. The van der Waals surface area contributed by atoms with Gasteiger partial charge in [0, 0.05) is 17.1 Å². The van der Waals surface area contributed by atoms with E-state index >= 15 is 0 Å². The highest BCUT2D eigenvalue weighted by Gasteiger charge is 2.07. The smallest absolute Gasteiger partial charge is 0.110 e. The number of hydrogen-bond acceptors (Lipinski definition) is 4. The first-order valence-electron chi connectivity index (χ1n) is 5.98. The minimum atomic E-state index is 0.373. The van der Waals surface area contributed by atoms with E-state index in [0.717, 1.165) is 25.2 Å². The van der Waals surface area contributed by atoms with E-state index < -0.39 is 0 Å². The maximum Gasteiger partial charge on any atom is 0.110 e. The summed E-state index contributed by atoms with van der Waals surface area (Å²) in [5.41, 5.74) is 1.12. The van der Waals surface area contributed by atoms with E-state index in [1.165, 1.54) is 5.01 Å². The van der Waals surface area contributed by atoms with Crippen LogP contribution >= 0.6 is 11.3 Å². The van der Waals surface area contributed by atoms with Gasteiger partial charge in [-0.2, -0.15) is 0 Å². The number of nitrogens with one attached hydrogen (secondary N) is 2. The molecule has 1 aromatic rings. The Balaban J connectivity index is 2.13. The molecule has 0 bridgehead atoms. The molecule has 1 rings (SSSR count). The second-order valence-corrected chi connectivity index (χ2v) is 5.35. The average molecular weight is 241 g/mol. The van der Waals surface area contributed by atoms with Crippen molar-refractivity contribution in [1.29, 1.82) is 0 Å². The normalized spacial score (nSPS) is 13.3. The molecule has 1 heterocycles. The van der Waals surface area contributed by atoms with Gasteiger partial charge >= 0.3 is 0 Å². The van der Waals surface area contributed by atoms with E-state index in [1.54, 1.807) is 11.3 Å². The molecule has 0 aliphatic carbocycles. The first kappa shape index (κ1) is 13.6. The quantitative estimate of drug-likeness (QED) is 0.720. The molecule has 0 amide bonds. The number of aryl methyl sites for hydroxylation is 1. The third-order valence-electron chi connectivity index (χ3n) is 2.36. The van der Waals surface area contributed by atoms with Gasteiger partial charge in [0.1, 0.15) is 5.01 Å². The van der Waals surface area contributed by atoms with Crippen LogP contribution in [0, 0.1) is 6.92 Å². The fourth-order valence-electron chi connectivity index (χ4n) is 1.46. The van der Waals surface area contributed by atoms with Crippen LogP contribution in [0.25, 0.3) is 0 Å². The predicted octanol–water partition coefficient (Wildman–Crippen LogP) is 2.49. The molecular weight excluding hydrogens is 218 g/mol. The lowest BCUT2D eigenvalue weighted by Crippen LogP contribution is -2.27. The van der Waals surface area contributed by atoms with E-state index in [-0.39, 0.29) is 0 Å². The van der Waals surface area contributed by atoms with E-state index in [1.807, 2.05) is 6.92 Å². The molecule has 1 aromatic heterocycles. The first-order valence-corrected chi connectivity index (χ1v) is 6.86. The second-order valence-electron chi connectivity index (χ2n) is 4.47. The number of thiazole rings is 1. The highest BCUT2D eigenvalue weighted by molar-refractivity contribution is 7.09. The lowest BCUT2D eigenvalue weighted by Gasteiger charge is -2.12. The summed E-state index contributed by atoms with van der Waals surface area (Å²) in [5, 5.41) is 10.2. The van der Waals surface area contributed by atoms with E-state index in [2.05, 4.69) is 41.8 Å². The van der Waals surface area contributed by atoms with Gasteiger partial charge in [-0.25, -0.2) is 4.98 Å². The SMILES string of the molecule is Cc1csc(C(C)NCCCNC(C)C)n1. The Labute approximate surface area is 103 Å². The van der Waals surface area contributed by atoms with E-state index in [9.17, 15) is 0 Å². The topological polar surface area (TPSA) is 37.0 Å². The van der Waals surface area contributed by atoms with Crippen molar-refractivity contribution in [1.82, 2.24) is 15.6 Å². The average Bonchev–Trinajstić information content (AvgIpc) is 2.63. The van der Waals surface area contributed by atoms with Gasteiger partial charge in [-0.15, -0.1) is 11.3 Å². The van der Waals surface area contributed by atoms with Gasteiger partial charge in [-0.3, -0.25) is 0 Å². The van der Waals surface area contributed by atoms with Crippen LogP contribution in [0.5, 0.6) is 0 Å². The fourth-order valence-corrected chi connectivity index (χ4v) is 2.28. The molecule has 1 atom stereocenters. The zero-order chi connectivity index (χ0) is 12.0. The highest BCUT2D eigenvalue weighted by atomic mass is 32.1. The third-order valence-corrected chi connectivity index (χ3v) is 3.51. The van der Waals surface area contributed by atoms with Gasteiger partial charge < -0.3 is 10.6 Å². The highest BCUT2D eigenvalue weighted by Crippen LogP contribution is 2.16. The third kappa shape index (κ3) is 5.05. The van der Waals surface area contributed by atoms with Crippen LogP contribution in [0.1, 0.15) is 43.9 Å². The number of nitrogens with zero attached hydrogens (tertiary/aromatic N) is 1. The Morgan fingerprint density at radius 2 is 1.94 bits per heavy atom. The van der Waals surface area contributed by atoms with Gasteiger partial charge in [0.25, 0.3) is 0 Å². The fraction of sp³-hybridized carbons (Fsp3) is 0.750. The summed E-state index contributed by atoms with van der Waals surface area (Å²) >= 11 is 1.74. The minimum Gasteiger partial charge on any atom is -0.314 e.